The molecule has 0 radical (unpaired) electrons. The fraction of sp³-hybridized carbons (Fsp3) is 0.333. The molecule has 0 saturated heterocycles. The van der Waals surface area contributed by atoms with E-state index in [1.54, 1.807) is 24.5 Å². The number of carbonyl (C=O) groups is 1. The number of aromatic nitrogens is 1. The van der Waals surface area contributed by atoms with E-state index >= 15 is 0 Å². The molecule has 1 N–H and O–H groups in total. The van der Waals surface area contributed by atoms with Crippen molar-refractivity contribution in [1.29, 1.82) is 0 Å². The van der Waals surface area contributed by atoms with Crippen molar-refractivity contribution in [1.82, 2.24) is 4.98 Å². The number of rotatable bonds is 1. The highest BCUT2D eigenvalue weighted by Gasteiger charge is 1.90. The first-order valence-electron chi connectivity index (χ1n) is 3.96. The van der Waals surface area contributed by atoms with Crippen LogP contribution in [0.4, 0.5) is 5.69 Å². The average Bonchev–Trinajstić information content (AvgIpc) is 2.08. The third-order valence-electron chi connectivity index (χ3n) is 0.982. The van der Waals surface area contributed by atoms with Crippen molar-refractivity contribution in [2.75, 3.05) is 5.32 Å². The number of hydrogen-bond acceptors (Lipinski definition) is 2. The Bertz CT molecular complexity index is 226. The van der Waals surface area contributed by atoms with Gasteiger partial charge >= 0.3 is 0 Å². The van der Waals surface area contributed by atoms with Gasteiger partial charge in [-0.15, -0.1) is 0 Å². The Morgan fingerprint density at radius 3 is 2.67 bits per heavy atom. The summed E-state index contributed by atoms with van der Waals surface area (Å²) >= 11 is 0. The fourth-order valence-electron chi connectivity index (χ4n) is 0.640. The highest BCUT2D eigenvalue weighted by Crippen LogP contribution is 2.00. The van der Waals surface area contributed by atoms with E-state index < -0.39 is 0 Å². The molecule has 1 rings (SSSR count). The number of pyridine rings is 1. The minimum Gasteiger partial charge on any atom is -0.325 e. The zero-order valence-electron chi connectivity index (χ0n) is 7.66. The monoisotopic (exact) mass is 168 g/mol. The van der Waals surface area contributed by atoms with Crippen molar-refractivity contribution in [3.63, 3.8) is 0 Å². The van der Waals surface area contributed by atoms with E-state index in [0.717, 1.165) is 5.69 Å². The molecule has 0 aliphatic rings. The van der Waals surface area contributed by atoms with Crippen LogP contribution in [-0.4, -0.2) is 10.9 Å². The maximum absolute atomic E-state index is 10.5. The molecule has 0 spiro atoms. The number of carbonyl (C=O) groups excluding carboxylic acids is 1. The van der Waals surface area contributed by atoms with E-state index in [2.05, 4.69) is 10.3 Å². The van der Waals surface area contributed by atoms with E-state index in [1.807, 2.05) is 13.8 Å². The second-order valence-electron chi connectivity index (χ2n) is 1.92. The van der Waals surface area contributed by atoms with Gasteiger partial charge in [0.25, 0.3) is 0 Å². The van der Waals surface area contributed by atoms with E-state index in [4.69, 9.17) is 0 Å². The second-order valence-corrected chi connectivity index (χ2v) is 1.92. The van der Waals surface area contributed by atoms with Gasteiger partial charge in [0.2, 0.25) is 5.91 Å². The Hall–Kier alpha value is -1.38. The van der Waals surface area contributed by atoms with Crippen LogP contribution in [0.1, 0.15) is 22.2 Å². The zero-order valence-corrected chi connectivity index (χ0v) is 7.66. The summed E-state index contributed by atoms with van der Waals surface area (Å²) in [4.78, 5) is 14.3. The molecule has 12 heavy (non-hydrogen) atoms. The molecular formula is C9H16N2O. The summed E-state index contributed by atoms with van der Waals surface area (Å²) in [6.07, 6.45) is 3.26. The summed E-state index contributed by atoms with van der Waals surface area (Å²) in [5.74, 6) is -0.0759. The van der Waals surface area contributed by atoms with Crippen LogP contribution in [0.2, 0.25) is 0 Å². The summed E-state index contributed by atoms with van der Waals surface area (Å²) in [5, 5.41) is 2.60. The second kappa shape index (κ2) is 6.34. The molecule has 0 aliphatic carbocycles. The molecule has 3 heteroatoms. The molecule has 0 atom stereocenters. The average molecular weight is 168 g/mol. The van der Waals surface area contributed by atoms with Gasteiger partial charge in [-0.1, -0.05) is 13.8 Å². The number of hydrogen-bond donors (Lipinski definition) is 1. The van der Waals surface area contributed by atoms with Gasteiger partial charge in [-0.2, -0.15) is 0 Å². The van der Waals surface area contributed by atoms with Gasteiger partial charge in [0.1, 0.15) is 0 Å². The van der Waals surface area contributed by atoms with E-state index in [-0.39, 0.29) is 7.33 Å². The lowest BCUT2D eigenvalue weighted by Gasteiger charge is -1.97. The van der Waals surface area contributed by atoms with Crippen LogP contribution in [0.15, 0.2) is 24.5 Å². The van der Waals surface area contributed by atoms with Crippen molar-refractivity contribution in [2.24, 2.45) is 0 Å². The van der Waals surface area contributed by atoms with Crippen LogP contribution in [0.5, 0.6) is 0 Å². The van der Waals surface area contributed by atoms with Gasteiger partial charge in [0.15, 0.2) is 0 Å². The zero-order chi connectivity index (χ0) is 9.40. The van der Waals surface area contributed by atoms with Crippen molar-refractivity contribution < 1.29 is 6.22 Å². The van der Waals surface area contributed by atoms with Crippen LogP contribution in [-0.2, 0) is 4.79 Å². The van der Waals surface area contributed by atoms with Crippen molar-refractivity contribution in [3.8, 4) is 0 Å². The van der Waals surface area contributed by atoms with Gasteiger partial charge in [-0.05, 0) is 12.1 Å². The van der Waals surface area contributed by atoms with Crippen molar-refractivity contribution >= 4 is 11.6 Å². The fourth-order valence-corrected chi connectivity index (χ4v) is 0.640. The number of anilines is 1. The molecule has 0 aliphatic heterocycles. The Morgan fingerprint density at radius 2 is 2.25 bits per heavy atom. The lowest BCUT2D eigenvalue weighted by Crippen LogP contribution is -2.05. The molecule has 1 amide bonds. The van der Waals surface area contributed by atoms with Crippen LogP contribution < -0.4 is 5.32 Å². The Balaban J connectivity index is 0. The number of amides is 1. The Kier molecular flexibility index (Phi) is 5.61. The summed E-state index contributed by atoms with van der Waals surface area (Å²) < 4.78 is 0. The Morgan fingerprint density at radius 1 is 1.58 bits per heavy atom. The van der Waals surface area contributed by atoms with E-state index in [1.165, 1.54) is 6.92 Å². The predicted octanol–water partition coefficient (Wildman–Crippen LogP) is 2.31. The first kappa shape index (κ1) is 10.6. The lowest BCUT2D eigenvalue weighted by atomic mass is 10.4. The summed E-state index contributed by atoms with van der Waals surface area (Å²) in [6, 6.07) is 3.56. The Labute approximate surface area is 74.3 Å². The van der Waals surface area contributed by atoms with E-state index in [0.29, 0.717) is 0 Å². The summed E-state index contributed by atoms with van der Waals surface area (Å²) in [5.41, 5.74) is 0.731. The summed E-state index contributed by atoms with van der Waals surface area (Å²) in [6.45, 7) is 5.47. The molecular weight excluding hydrogens is 152 g/mol. The van der Waals surface area contributed by atoms with Gasteiger partial charge in [-0.25, -0.2) is 0 Å². The van der Waals surface area contributed by atoms with Gasteiger partial charge < -0.3 is 5.32 Å². The van der Waals surface area contributed by atoms with E-state index in [9.17, 15) is 4.79 Å². The molecule has 3 nitrogen and oxygen atoms in total. The predicted molar refractivity (Wildman–Crippen MR) is 52.0 cm³/mol. The molecule has 1 aromatic heterocycles. The molecule has 0 saturated carbocycles. The van der Waals surface area contributed by atoms with Crippen molar-refractivity contribution in [3.05, 3.63) is 24.5 Å². The van der Waals surface area contributed by atoms with Crippen LogP contribution in [0, 0.1) is 0 Å². The number of nitrogens with one attached hydrogen (secondary N) is 1. The standard InChI is InChI=1S/C7H8N2O.C2H6.H2/c1-6(10)9-7-3-2-4-8-5-7;1-2;/h2-5H,1H3,(H,9,10);1-2H3;1H. The topological polar surface area (TPSA) is 42.0 Å². The normalized spacial score (nSPS) is 7.92. The SMILES string of the molecule is CC.CC(=O)Nc1cccnc1.[HH]. The highest BCUT2D eigenvalue weighted by atomic mass is 16.1. The summed E-state index contributed by atoms with van der Waals surface area (Å²) in [7, 11) is 0. The maximum atomic E-state index is 10.5. The largest absolute Gasteiger partial charge is 0.325 e. The van der Waals surface area contributed by atoms with Crippen molar-refractivity contribution in [2.45, 2.75) is 20.8 Å². The highest BCUT2D eigenvalue weighted by molar-refractivity contribution is 5.88. The molecule has 0 aromatic carbocycles. The first-order valence-corrected chi connectivity index (χ1v) is 3.96. The first-order chi connectivity index (χ1) is 5.79. The molecule has 0 unspecified atom stereocenters. The minimum atomic E-state index is -0.0759. The molecule has 1 aromatic rings. The minimum absolute atomic E-state index is 0. The van der Waals surface area contributed by atoms with Crippen LogP contribution >= 0.6 is 0 Å². The van der Waals surface area contributed by atoms with Gasteiger partial charge in [-0.3, -0.25) is 9.78 Å². The lowest BCUT2D eigenvalue weighted by molar-refractivity contribution is -0.114. The third kappa shape index (κ3) is 4.44. The third-order valence-corrected chi connectivity index (χ3v) is 0.982. The van der Waals surface area contributed by atoms with Gasteiger partial charge in [0, 0.05) is 14.5 Å². The smallest absolute Gasteiger partial charge is 0.221 e. The van der Waals surface area contributed by atoms with Crippen LogP contribution in [0.3, 0.4) is 0 Å². The van der Waals surface area contributed by atoms with Gasteiger partial charge in [0.05, 0.1) is 11.9 Å². The number of nitrogens with zero attached hydrogens (tertiary/aromatic N) is 1. The maximum Gasteiger partial charge on any atom is 0.221 e. The van der Waals surface area contributed by atoms with Crippen LogP contribution in [0.25, 0.3) is 0 Å². The molecule has 1 heterocycles. The molecule has 0 fully saturated rings. The molecule has 0 bridgehead atoms. The quantitative estimate of drug-likeness (QED) is 0.699. The molecule has 68 valence electrons.